The van der Waals surface area contributed by atoms with Gasteiger partial charge in [0.2, 0.25) is 0 Å². The quantitative estimate of drug-likeness (QED) is 0.731. The molecular weight excluding hydrogens is 210 g/mol. The second kappa shape index (κ2) is 4.42. The number of sulfone groups is 1. The van der Waals surface area contributed by atoms with E-state index in [1.54, 1.807) is 0 Å². The molecule has 2 fully saturated rings. The Bertz CT molecular complexity index is 301. The highest BCUT2D eigenvalue weighted by molar-refractivity contribution is 7.90. The molecule has 0 N–H and O–H groups in total. The molecule has 3 nitrogen and oxygen atoms in total. The number of piperidine rings is 1. The zero-order valence-electron chi connectivity index (χ0n) is 9.48. The smallest absolute Gasteiger partial charge is 0.148 e. The van der Waals surface area contributed by atoms with Crippen LogP contribution in [0.25, 0.3) is 0 Å². The molecule has 0 aromatic rings. The Morgan fingerprint density at radius 2 is 1.80 bits per heavy atom. The van der Waals surface area contributed by atoms with E-state index in [-0.39, 0.29) is 0 Å². The summed E-state index contributed by atoms with van der Waals surface area (Å²) < 4.78 is 22.2. The topological polar surface area (TPSA) is 37.4 Å². The first kappa shape index (κ1) is 11.4. The third kappa shape index (κ3) is 3.45. The van der Waals surface area contributed by atoms with Crippen LogP contribution < -0.4 is 0 Å². The molecule has 2 atom stereocenters. The summed E-state index contributed by atoms with van der Waals surface area (Å²) in [5.41, 5.74) is 0. The SMILES string of the molecule is CS(=O)(=O)CCN1C[C@H]2CCC[C@@H](C2)C1. The average molecular weight is 231 g/mol. The molecule has 4 heteroatoms. The molecule has 1 heterocycles. The molecule has 0 amide bonds. The fourth-order valence-electron chi connectivity index (χ4n) is 3.02. The van der Waals surface area contributed by atoms with Crippen molar-refractivity contribution < 1.29 is 8.42 Å². The van der Waals surface area contributed by atoms with E-state index in [9.17, 15) is 8.42 Å². The first-order chi connectivity index (χ1) is 7.03. The number of nitrogens with zero attached hydrogens (tertiary/aromatic N) is 1. The van der Waals surface area contributed by atoms with Crippen molar-refractivity contribution >= 4 is 9.84 Å². The second-order valence-corrected chi connectivity index (χ2v) is 7.55. The van der Waals surface area contributed by atoms with Gasteiger partial charge in [0.05, 0.1) is 5.75 Å². The molecule has 0 radical (unpaired) electrons. The minimum atomic E-state index is -2.79. The molecule has 1 aliphatic carbocycles. The second-order valence-electron chi connectivity index (χ2n) is 5.29. The summed E-state index contributed by atoms with van der Waals surface area (Å²) in [4.78, 5) is 2.36. The van der Waals surface area contributed by atoms with Crippen LogP contribution in [0, 0.1) is 11.8 Å². The first-order valence-electron chi connectivity index (χ1n) is 5.93. The lowest BCUT2D eigenvalue weighted by Gasteiger charge is -2.41. The number of hydrogen-bond acceptors (Lipinski definition) is 3. The Balaban J connectivity index is 1.84. The monoisotopic (exact) mass is 231 g/mol. The Labute approximate surface area is 92.8 Å². The summed E-state index contributed by atoms with van der Waals surface area (Å²) in [6, 6.07) is 0. The lowest BCUT2D eigenvalue weighted by molar-refractivity contribution is 0.0912. The fourth-order valence-corrected chi connectivity index (χ4v) is 3.61. The van der Waals surface area contributed by atoms with Crippen LogP contribution in [-0.4, -0.2) is 45.0 Å². The van der Waals surface area contributed by atoms with Crippen LogP contribution in [0.3, 0.4) is 0 Å². The molecule has 0 aromatic carbocycles. The normalized spacial score (nSPS) is 32.9. The van der Waals surface area contributed by atoms with E-state index in [0.29, 0.717) is 5.75 Å². The maximum Gasteiger partial charge on any atom is 0.148 e. The number of likely N-dealkylation sites (tertiary alicyclic amines) is 1. The third-order valence-corrected chi connectivity index (χ3v) is 4.63. The maximum absolute atomic E-state index is 11.1. The molecule has 2 bridgehead atoms. The Morgan fingerprint density at radius 3 is 2.33 bits per heavy atom. The molecule has 0 spiro atoms. The molecule has 15 heavy (non-hydrogen) atoms. The summed E-state index contributed by atoms with van der Waals surface area (Å²) in [6.45, 7) is 3.00. The van der Waals surface area contributed by atoms with E-state index >= 15 is 0 Å². The highest BCUT2D eigenvalue weighted by Gasteiger charge is 2.30. The molecular formula is C11H21NO2S. The van der Waals surface area contributed by atoms with Gasteiger partial charge >= 0.3 is 0 Å². The van der Waals surface area contributed by atoms with Gasteiger partial charge in [-0.15, -0.1) is 0 Å². The Hall–Kier alpha value is -0.0900. The van der Waals surface area contributed by atoms with E-state index in [0.717, 1.165) is 31.5 Å². The molecule has 0 aromatic heterocycles. The van der Waals surface area contributed by atoms with Crippen molar-refractivity contribution in [1.29, 1.82) is 0 Å². The minimum Gasteiger partial charge on any atom is -0.302 e. The summed E-state index contributed by atoms with van der Waals surface area (Å²) in [5.74, 6) is 2.01. The van der Waals surface area contributed by atoms with Gasteiger partial charge in [-0.2, -0.15) is 0 Å². The van der Waals surface area contributed by atoms with Crippen molar-refractivity contribution in [3.8, 4) is 0 Å². The molecule has 0 unspecified atom stereocenters. The molecule has 2 aliphatic rings. The van der Waals surface area contributed by atoms with Gasteiger partial charge in [0, 0.05) is 25.9 Å². The number of hydrogen-bond donors (Lipinski definition) is 0. The number of rotatable bonds is 3. The van der Waals surface area contributed by atoms with Gasteiger partial charge in [-0.05, 0) is 31.1 Å². The molecule has 2 rings (SSSR count). The Kier molecular flexibility index (Phi) is 3.36. The highest BCUT2D eigenvalue weighted by atomic mass is 32.2. The fraction of sp³-hybridized carbons (Fsp3) is 1.00. The van der Waals surface area contributed by atoms with Crippen LogP contribution in [0.2, 0.25) is 0 Å². The van der Waals surface area contributed by atoms with Crippen LogP contribution in [0.1, 0.15) is 25.7 Å². The van der Waals surface area contributed by atoms with E-state index in [2.05, 4.69) is 4.90 Å². The van der Waals surface area contributed by atoms with Gasteiger partial charge in [-0.1, -0.05) is 6.42 Å². The van der Waals surface area contributed by atoms with Crippen LogP contribution in [0.5, 0.6) is 0 Å². The van der Waals surface area contributed by atoms with Crippen molar-refractivity contribution in [2.75, 3.05) is 31.6 Å². The van der Waals surface area contributed by atoms with Crippen LogP contribution in [0.15, 0.2) is 0 Å². The van der Waals surface area contributed by atoms with Crippen molar-refractivity contribution in [2.45, 2.75) is 25.7 Å². The average Bonchev–Trinajstić information content (AvgIpc) is 2.13. The molecule has 88 valence electrons. The lowest BCUT2D eigenvalue weighted by Crippen LogP contribution is -2.44. The van der Waals surface area contributed by atoms with Gasteiger partial charge in [0.25, 0.3) is 0 Å². The largest absolute Gasteiger partial charge is 0.302 e. The Morgan fingerprint density at radius 1 is 1.20 bits per heavy atom. The maximum atomic E-state index is 11.1. The third-order valence-electron chi connectivity index (χ3n) is 3.70. The lowest BCUT2D eigenvalue weighted by atomic mass is 9.78. The predicted octanol–water partition coefficient (Wildman–Crippen LogP) is 1.15. The van der Waals surface area contributed by atoms with Gasteiger partial charge in [0.1, 0.15) is 9.84 Å². The first-order valence-corrected chi connectivity index (χ1v) is 7.99. The predicted molar refractivity (Wildman–Crippen MR) is 61.6 cm³/mol. The van der Waals surface area contributed by atoms with Crippen LogP contribution in [-0.2, 0) is 9.84 Å². The molecule has 1 saturated heterocycles. The minimum absolute atomic E-state index is 0.326. The van der Waals surface area contributed by atoms with Crippen molar-refractivity contribution in [1.82, 2.24) is 4.90 Å². The summed E-state index contributed by atoms with van der Waals surface area (Å²) in [7, 11) is -2.79. The molecule has 1 aliphatic heterocycles. The number of fused-ring (bicyclic) bond motifs is 2. The zero-order valence-corrected chi connectivity index (χ0v) is 10.3. The summed E-state index contributed by atoms with van der Waals surface area (Å²) in [5, 5.41) is 0. The van der Waals surface area contributed by atoms with Crippen molar-refractivity contribution in [3.05, 3.63) is 0 Å². The highest BCUT2D eigenvalue weighted by Crippen LogP contribution is 2.34. The van der Waals surface area contributed by atoms with Crippen LogP contribution >= 0.6 is 0 Å². The summed E-state index contributed by atoms with van der Waals surface area (Å²) in [6.07, 6.45) is 6.81. The van der Waals surface area contributed by atoms with Crippen molar-refractivity contribution in [2.24, 2.45) is 11.8 Å². The van der Waals surface area contributed by atoms with Gasteiger partial charge in [-0.25, -0.2) is 8.42 Å². The van der Waals surface area contributed by atoms with Gasteiger partial charge < -0.3 is 4.90 Å². The van der Waals surface area contributed by atoms with Crippen LogP contribution in [0.4, 0.5) is 0 Å². The standard InChI is InChI=1S/C11H21NO2S/c1-15(13,14)6-5-12-8-10-3-2-4-11(7-10)9-12/h10-11H,2-9H2,1H3/t10-,11-/m0/s1. The molecule has 1 saturated carbocycles. The van der Waals surface area contributed by atoms with E-state index in [1.807, 2.05) is 0 Å². The van der Waals surface area contributed by atoms with E-state index < -0.39 is 9.84 Å². The van der Waals surface area contributed by atoms with Crippen molar-refractivity contribution in [3.63, 3.8) is 0 Å². The summed E-state index contributed by atoms with van der Waals surface area (Å²) >= 11 is 0. The van der Waals surface area contributed by atoms with E-state index in [4.69, 9.17) is 0 Å². The van der Waals surface area contributed by atoms with Gasteiger partial charge in [0.15, 0.2) is 0 Å². The van der Waals surface area contributed by atoms with E-state index in [1.165, 1.54) is 31.9 Å². The zero-order chi connectivity index (χ0) is 10.9. The van der Waals surface area contributed by atoms with Gasteiger partial charge in [-0.3, -0.25) is 0 Å².